The Kier molecular flexibility index (Phi) is 4.41. The van der Waals surface area contributed by atoms with Gasteiger partial charge in [0.1, 0.15) is 9.54 Å². The lowest BCUT2D eigenvalue weighted by Crippen LogP contribution is -2.35. The third kappa shape index (κ3) is 3.11. The Morgan fingerprint density at radius 3 is 2.74 bits per heavy atom. The number of amides is 1. The van der Waals surface area contributed by atoms with E-state index in [1.165, 1.54) is 11.3 Å². The summed E-state index contributed by atoms with van der Waals surface area (Å²) in [4.78, 5) is 26.1. The maximum Gasteiger partial charge on any atom is 0.335 e. The fourth-order valence-electron chi connectivity index (χ4n) is 2.62. The summed E-state index contributed by atoms with van der Waals surface area (Å²) < 4.78 is 5.98. The molecule has 7 heteroatoms. The zero-order valence-electron chi connectivity index (χ0n) is 12.3. The van der Waals surface area contributed by atoms with Crippen molar-refractivity contribution >= 4 is 39.1 Å². The van der Waals surface area contributed by atoms with Gasteiger partial charge in [-0.3, -0.25) is 4.79 Å². The number of thiophene rings is 1. The summed E-state index contributed by atoms with van der Waals surface area (Å²) in [5, 5.41) is 9.10. The quantitative estimate of drug-likeness (QED) is 0.864. The van der Waals surface area contributed by atoms with Crippen LogP contribution in [-0.2, 0) is 13.0 Å². The summed E-state index contributed by atoms with van der Waals surface area (Å²) in [6, 6.07) is 6.83. The van der Waals surface area contributed by atoms with Gasteiger partial charge in [-0.15, -0.1) is 11.3 Å². The lowest BCUT2D eigenvalue weighted by atomic mass is 9.97. The molecule has 3 rings (SSSR count). The van der Waals surface area contributed by atoms with Gasteiger partial charge in [0, 0.05) is 19.2 Å². The molecule has 0 spiro atoms. The number of benzene rings is 1. The van der Waals surface area contributed by atoms with Gasteiger partial charge in [-0.05, 0) is 45.6 Å². The maximum atomic E-state index is 12.7. The van der Waals surface area contributed by atoms with E-state index in [-0.39, 0.29) is 11.5 Å². The minimum atomic E-state index is -0.955. The Labute approximate surface area is 145 Å². The summed E-state index contributed by atoms with van der Waals surface area (Å²) in [5.41, 5.74) is 2.25. The van der Waals surface area contributed by atoms with Crippen LogP contribution in [-0.4, -0.2) is 35.5 Å². The number of carboxylic acids is 1. The number of carbonyl (C=O) groups excluding carboxylic acids is 1. The molecule has 0 aliphatic carbocycles. The number of aromatic carboxylic acids is 1. The van der Waals surface area contributed by atoms with Crippen molar-refractivity contribution in [3.63, 3.8) is 0 Å². The third-order valence-corrected chi connectivity index (χ3v) is 5.61. The molecule has 120 valence electrons. The van der Waals surface area contributed by atoms with Crippen molar-refractivity contribution < 1.29 is 19.4 Å². The predicted molar refractivity (Wildman–Crippen MR) is 90.4 cm³/mol. The molecule has 1 aliphatic heterocycles. The zero-order chi connectivity index (χ0) is 16.6. The van der Waals surface area contributed by atoms with E-state index < -0.39 is 5.97 Å². The van der Waals surface area contributed by atoms with Crippen LogP contribution in [0.4, 0.5) is 0 Å². The number of hydrogen-bond acceptors (Lipinski definition) is 4. The first-order valence-corrected chi connectivity index (χ1v) is 8.58. The van der Waals surface area contributed by atoms with E-state index in [4.69, 9.17) is 9.84 Å². The van der Waals surface area contributed by atoms with Crippen molar-refractivity contribution in [3.8, 4) is 5.75 Å². The Bertz CT molecular complexity index is 786. The number of fused-ring (bicyclic) bond motifs is 1. The number of hydrogen-bond donors (Lipinski definition) is 1. The van der Waals surface area contributed by atoms with Gasteiger partial charge in [-0.1, -0.05) is 6.07 Å². The molecule has 1 aromatic carbocycles. The van der Waals surface area contributed by atoms with Gasteiger partial charge in [-0.25, -0.2) is 4.79 Å². The van der Waals surface area contributed by atoms with E-state index in [1.807, 2.05) is 6.07 Å². The maximum absolute atomic E-state index is 12.7. The smallest absolute Gasteiger partial charge is 0.335 e. The Hall–Kier alpha value is -1.86. The molecule has 1 amide bonds. The number of rotatable bonds is 3. The second-order valence-corrected chi connectivity index (χ2v) is 7.59. The van der Waals surface area contributed by atoms with Crippen molar-refractivity contribution in [3.05, 3.63) is 49.6 Å². The summed E-state index contributed by atoms with van der Waals surface area (Å²) in [5.74, 6) is -0.377. The summed E-state index contributed by atoms with van der Waals surface area (Å²) in [6.45, 7) is 1.04. The number of carbonyl (C=O) groups is 2. The van der Waals surface area contributed by atoms with E-state index in [2.05, 4.69) is 15.9 Å². The van der Waals surface area contributed by atoms with Crippen LogP contribution < -0.4 is 4.74 Å². The summed E-state index contributed by atoms with van der Waals surface area (Å²) in [6.07, 6.45) is 0.727. The molecule has 5 nitrogen and oxygen atoms in total. The zero-order valence-corrected chi connectivity index (χ0v) is 14.7. The first-order chi connectivity index (χ1) is 11.0. The molecule has 0 saturated heterocycles. The highest BCUT2D eigenvalue weighted by Gasteiger charge is 2.24. The predicted octanol–water partition coefficient (Wildman–Crippen LogP) is 3.42. The highest BCUT2D eigenvalue weighted by Crippen LogP contribution is 2.35. The van der Waals surface area contributed by atoms with Crippen molar-refractivity contribution in [1.82, 2.24) is 4.90 Å². The summed E-state index contributed by atoms with van der Waals surface area (Å²) >= 11 is 4.71. The van der Waals surface area contributed by atoms with Crippen molar-refractivity contribution in [1.29, 1.82) is 0 Å². The first-order valence-electron chi connectivity index (χ1n) is 6.97. The van der Waals surface area contributed by atoms with Crippen LogP contribution in [0.2, 0.25) is 0 Å². The third-order valence-electron chi connectivity index (χ3n) is 3.84. The molecule has 0 atom stereocenters. The standard InChI is InChI=1S/C16H14BrNO4S/c1-22-12-7-13(23-14(12)17)15(19)18-5-4-9-2-3-10(16(20)21)6-11(9)8-18/h2-3,6-7H,4-5,8H2,1H3,(H,20,21). The average molecular weight is 396 g/mol. The van der Waals surface area contributed by atoms with Crippen LogP contribution in [0.3, 0.4) is 0 Å². The van der Waals surface area contributed by atoms with Crippen molar-refractivity contribution in [2.24, 2.45) is 0 Å². The normalized spacial score (nSPS) is 13.6. The molecule has 1 N–H and O–H groups in total. The molecule has 0 unspecified atom stereocenters. The second-order valence-electron chi connectivity index (χ2n) is 5.22. The van der Waals surface area contributed by atoms with Crippen LogP contribution >= 0.6 is 27.3 Å². The lowest BCUT2D eigenvalue weighted by Gasteiger charge is -2.28. The van der Waals surface area contributed by atoms with Crippen LogP contribution in [0.1, 0.15) is 31.2 Å². The molecular weight excluding hydrogens is 382 g/mol. The van der Waals surface area contributed by atoms with Gasteiger partial charge in [0.25, 0.3) is 5.91 Å². The van der Waals surface area contributed by atoms with Crippen LogP contribution in [0.15, 0.2) is 28.1 Å². The lowest BCUT2D eigenvalue weighted by molar-refractivity contribution is 0.0696. The van der Waals surface area contributed by atoms with Crippen LogP contribution in [0.5, 0.6) is 5.75 Å². The van der Waals surface area contributed by atoms with Gasteiger partial charge in [0.05, 0.1) is 17.6 Å². The minimum absolute atomic E-state index is 0.0645. The number of nitrogens with zero attached hydrogens (tertiary/aromatic N) is 1. The largest absolute Gasteiger partial charge is 0.495 e. The number of ether oxygens (including phenoxy) is 1. The molecule has 0 radical (unpaired) electrons. The minimum Gasteiger partial charge on any atom is -0.495 e. The molecule has 0 fully saturated rings. The number of methoxy groups -OCH3 is 1. The molecule has 1 aliphatic rings. The van der Waals surface area contributed by atoms with E-state index in [0.717, 1.165) is 21.3 Å². The highest BCUT2D eigenvalue weighted by atomic mass is 79.9. The first kappa shape index (κ1) is 16.0. The van der Waals surface area contributed by atoms with E-state index in [0.29, 0.717) is 23.7 Å². The molecular formula is C16H14BrNO4S. The number of halogens is 1. The average Bonchev–Trinajstić information content (AvgIpc) is 2.94. The van der Waals surface area contributed by atoms with E-state index >= 15 is 0 Å². The summed E-state index contributed by atoms with van der Waals surface area (Å²) in [7, 11) is 1.56. The van der Waals surface area contributed by atoms with Gasteiger partial charge in [0.2, 0.25) is 0 Å². The van der Waals surface area contributed by atoms with E-state index in [1.54, 1.807) is 30.2 Å². The molecule has 0 saturated carbocycles. The highest BCUT2D eigenvalue weighted by molar-refractivity contribution is 9.11. The molecule has 1 aromatic heterocycles. The fraction of sp³-hybridized carbons (Fsp3) is 0.250. The monoisotopic (exact) mass is 395 g/mol. The van der Waals surface area contributed by atoms with Crippen molar-refractivity contribution in [2.45, 2.75) is 13.0 Å². The van der Waals surface area contributed by atoms with Crippen LogP contribution in [0, 0.1) is 0 Å². The topological polar surface area (TPSA) is 66.8 Å². The number of carboxylic acid groups (broad SMARTS) is 1. The van der Waals surface area contributed by atoms with Crippen molar-refractivity contribution in [2.75, 3.05) is 13.7 Å². The van der Waals surface area contributed by atoms with Crippen LogP contribution in [0.25, 0.3) is 0 Å². The SMILES string of the molecule is COc1cc(C(=O)N2CCc3ccc(C(=O)O)cc3C2)sc1Br. The molecule has 2 aromatic rings. The Morgan fingerprint density at radius 2 is 2.09 bits per heavy atom. The Balaban J connectivity index is 1.84. The molecule has 0 bridgehead atoms. The second kappa shape index (κ2) is 6.33. The van der Waals surface area contributed by atoms with E-state index in [9.17, 15) is 9.59 Å². The van der Waals surface area contributed by atoms with Gasteiger partial charge >= 0.3 is 5.97 Å². The van der Waals surface area contributed by atoms with Gasteiger partial charge in [0.15, 0.2) is 0 Å². The fourth-order valence-corrected chi connectivity index (χ4v) is 4.23. The Morgan fingerprint density at radius 1 is 1.30 bits per heavy atom. The molecule has 2 heterocycles. The molecule has 23 heavy (non-hydrogen) atoms. The van der Waals surface area contributed by atoms with Gasteiger partial charge in [-0.2, -0.15) is 0 Å². The van der Waals surface area contributed by atoms with Gasteiger partial charge < -0.3 is 14.7 Å².